The molecular formula is C13H11FN4. The lowest BCUT2D eigenvalue weighted by Crippen LogP contribution is -1.98. The lowest BCUT2D eigenvalue weighted by atomic mass is 10.2. The number of hydrogen-bond acceptors (Lipinski definition) is 4. The van der Waals surface area contributed by atoms with E-state index in [4.69, 9.17) is 11.0 Å². The molecule has 1 heterocycles. The van der Waals surface area contributed by atoms with Crippen LogP contribution < -0.4 is 11.1 Å². The first-order valence-corrected chi connectivity index (χ1v) is 5.30. The zero-order valence-corrected chi connectivity index (χ0v) is 9.74. The van der Waals surface area contributed by atoms with Crippen molar-refractivity contribution in [1.29, 1.82) is 5.26 Å². The van der Waals surface area contributed by atoms with Gasteiger partial charge in [-0.05, 0) is 37.3 Å². The zero-order chi connectivity index (χ0) is 13.1. The number of nitriles is 1. The van der Waals surface area contributed by atoms with Crippen LogP contribution in [0.1, 0.15) is 11.3 Å². The standard InChI is InChI=1S/C13H11FN4/c1-8-12(16)4-5-13(17-8)18-10-2-3-11(14)9(6-10)7-15/h2-6H,16H2,1H3,(H,17,18). The fraction of sp³-hybridized carbons (Fsp3) is 0.0769. The predicted molar refractivity (Wildman–Crippen MR) is 67.8 cm³/mol. The Bertz CT molecular complexity index is 631. The molecule has 2 rings (SSSR count). The first-order valence-electron chi connectivity index (χ1n) is 5.30. The molecule has 18 heavy (non-hydrogen) atoms. The van der Waals surface area contributed by atoms with Gasteiger partial charge in [-0.15, -0.1) is 0 Å². The van der Waals surface area contributed by atoms with Crippen LogP contribution in [0.4, 0.5) is 21.6 Å². The minimum atomic E-state index is -0.538. The van der Waals surface area contributed by atoms with Crippen molar-refractivity contribution in [2.75, 3.05) is 11.1 Å². The van der Waals surface area contributed by atoms with E-state index in [1.54, 1.807) is 31.2 Å². The van der Waals surface area contributed by atoms with E-state index in [-0.39, 0.29) is 5.56 Å². The molecule has 5 heteroatoms. The van der Waals surface area contributed by atoms with Crippen molar-refractivity contribution in [1.82, 2.24) is 4.98 Å². The average Bonchev–Trinajstić information content (AvgIpc) is 2.36. The number of nitrogen functional groups attached to an aromatic ring is 1. The Morgan fingerprint density at radius 3 is 2.78 bits per heavy atom. The highest BCUT2D eigenvalue weighted by Gasteiger charge is 2.04. The van der Waals surface area contributed by atoms with Gasteiger partial charge in [-0.25, -0.2) is 9.37 Å². The molecule has 0 saturated carbocycles. The number of benzene rings is 1. The quantitative estimate of drug-likeness (QED) is 0.849. The Morgan fingerprint density at radius 2 is 2.11 bits per heavy atom. The summed E-state index contributed by atoms with van der Waals surface area (Å²) in [5.41, 5.74) is 7.58. The van der Waals surface area contributed by atoms with Crippen LogP contribution >= 0.6 is 0 Å². The highest BCUT2D eigenvalue weighted by atomic mass is 19.1. The topological polar surface area (TPSA) is 74.7 Å². The maximum absolute atomic E-state index is 13.1. The zero-order valence-electron chi connectivity index (χ0n) is 9.74. The van der Waals surface area contributed by atoms with E-state index in [0.717, 1.165) is 0 Å². The number of anilines is 3. The Labute approximate surface area is 104 Å². The maximum atomic E-state index is 13.1. The Hall–Kier alpha value is -2.61. The summed E-state index contributed by atoms with van der Waals surface area (Å²) in [4.78, 5) is 4.23. The molecule has 3 N–H and O–H groups in total. The van der Waals surface area contributed by atoms with Gasteiger partial charge in [0.2, 0.25) is 0 Å². The lowest BCUT2D eigenvalue weighted by molar-refractivity contribution is 0.624. The van der Waals surface area contributed by atoms with Crippen molar-refractivity contribution in [2.45, 2.75) is 6.92 Å². The Morgan fingerprint density at radius 1 is 1.33 bits per heavy atom. The molecule has 4 nitrogen and oxygen atoms in total. The summed E-state index contributed by atoms with van der Waals surface area (Å²) < 4.78 is 13.1. The number of pyridine rings is 1. The summed E-state index contributed by atoms with van der Waals surface area (Å²) >= 11 is 0. The Balaban J connectivity index is 2.29. The van der Waals surface area contributed by atoms with Crippen LogP contribution in [-0.2, 0) is 0 Å². The van der Waals surface area contributed by atoms with E-state index in [0.29, 0.717) is 22.9 Å². The van der Waals surface area contributed by atoms with Crippen LogP contribution in [0.5, 0.6) is 0 Å². The molecule has 1 aromatic carbocycles. The molecule has 0 bridgehead atoms. The summed E-state index contributed by atoms with van der Waals surface area (Å²) in [6.07, 6.45) is 0. The molecule has 0 spiro atoms. The highest BCUT2D eigenvalue weighted by molar-refractivity contribution is 5.60. The number of nitrogens with two attached hydrogens (primary N) is 1. The third-order valence-corrected chi connectivity index (χ3v) is 2.49. The molecule has 0 aliphatic rings. The summed E-state index contributed by atoms with van der Waals surface area (Å²) in [5.74, 6) is 0.0571. The van der Waals surface area contributed by atoms with Crippen LogP contribution in [-0.4, -0.2) is 4.98 Å². The molecule has 90 valence electrons. The van der Waals surface area contributed by atoms with Gasteiger partial charge >= 0.3 is 0 Å². The number of nitrogens with zero attached hydrogens (tertiary/aromatic N) is 2. The summed E-state index contributed by atoms with van der Waals surface area (Å²) in [6, 6.07) is 9.46. The molecule has 2 aromatic rings. The largest absolute Gasteiger partial charge is 0.397 e. The van der Waals surface area contributed by atoms with Gasteiger partial charge < -0.3 is 11.1 Å². The molecule has 0 saturated heterocycles. The van der Waals surface area contributed by atoms with Gasteiger partial charge in [0, 0.05) is 5.69 Å². The van der Waals surface area contributed by atoms with Gasteiger partial charge in [0.25, 0.3) is 0 Å². The van der Waals surface area contributed by atoms with Crippen molar-refractivity contribution in [3.63, 3.8) is 0 Å². The van der Waals surface area contributed by atoms with Crippen molar-refractivity contribution in [3.05, 3.63) is 47.4 Å². The monoisotopic (exact) mass is 242 g/mol. The molecular weight excluding hydrogens is 231 g/mol. The number of halogens is 1. The lowest BCUT2D eigenvalue weighted by Gasteiger charge is -2.08. The van der Waals surface area contributed by atoms with Gasteiger partial charge in [0.1, 0.15) is 17.7 Å². The first-order chi connectivity index (χ1) is 8.60. The van der Waals surface area contributed by atoms with Gasteiger partial charge in [0.05, 0.1) is 16.9 Å². The van der Waals surface area contributed by atoms with E-state index in [1.165, 1.54) is 12.1 Å². The van der Waals surface area contributed by atoms with E-state index in [9.17, 15) is 4.39 Å². The van der Waals surface area contributed by atoms with Crippen LogP contribution in [0.15, 0.2) is 30.3 Å². The van der Waals surface area contributed by atoms with Crippen molar-refractivity contribution in [2.24, 2.45) is 0 Å². The predicted octanol–water partition coefficient (Wildman–Crippen LogP) is 2.73. The normalized spacial score (nSPS) is 9.83. The molecule has 0 atom stereocenters. The van der Waals surface area contributed by atoms with Crippen LogP contribution in [0.25, 0.3) is 0 Å². The molecule has 0 amide bonds. The van der Waals surface area contributed by atoms with Crippen LogP contribution in [0, 0.1) is 24.1 Å². The summed E-state index contributed by atoms with van der Waals surface area (Å²) in [5, 5.41) is 11.7. The van der Waals surface area contributed by atoms with Gasteiger partial charge in [-0.2, -0.15) is 5.26 Å². The third-order valence-electron chi connectivity index (χ3n) is 2.49. The minimum absolute atomic E-state index is 0.00725. The van der Waals surface area contributed by atoms with E-state index in [2.05, 4.69) is 10.3 Å². The second-order valence-corrected chi connectivity index (χ2v) is 3.80. The number of aromatic nitrogens is 1. The van der Waals surface area contributed by atoms with E-state index < -0.39 is 5.82 Å². The summed E-state index contributed by atoms with van der Waals surface area (Å²) in [6.45, 7) is 1.80. The summed E-state index contributed by atoms with van der Waals surface area (Å²) in [7, 11) is 0. The van der Waals surface area contributed by atoms with Gasteiger partial charge in [-0.3, -0.25) is 0 Å². The average molecular weight is 242 g/mol. The first kappa shape index (κ1) is 11.9. The van der Waals surface area contributed by atoms with E-state index >= 15 is 0 Å². The molecule has 0 fully saturated rings. The highest BCUT2D eigenvalue weighted by Crippen LogP contribution is 2.19. The minimum Gasteiger partial charge on any atom is -0.397 e. The molecule has 0 aliphatic heterocycles. The molecule has 0 aliphatic carbocycles. The second kappa shape index (κ2) is 4.72. The van der Waals surface area contributed by atoms with Crippen LogP contribution in [0.3, 0.4) is 0 Å². The molecule has 0 unspecified atom stereocenters. The fourth-order valence-electron chi connectivity index (χ4n) is 1.48. The fourth-order valence-corrected chi connectivity index (χ4v) is 1.48. The Kier molecular flexibility index (Phi) is 3.11. The smallest absolute Gasteiger partial charge is 0.141 e. The number of aryl methyl sites for hydroxylation is 1. The molecule has 1 aromatic heterocycles. The van der Waals surface area contributed by atoms with Crippen LogP contribution in [0.2, 0.25) is 0 Å². The number of hydrogen-bond donors (Lipinski definition) is 2. The van der Waals surface area contributed by atoms with Crippen molar-refractivity contribution >= 4 is 17.2 Å². The number of nitrogens with one attached hydrogen (secondary N) is 1. The third kappa shape index (κ3) is 2.38. The second-order valence-electron chi connectivity index (χ2n) is 3.80. The molecule has 0 radical (unpaired) electrons. The SMILES string of the molecule is Cc1nc(Nc2ccc(F)c(C#N)c2)ccc1N. The van der Waals surface area contributed by atoms with Crippen molar-refractivity contribution in [3.8, 4) is 6.07 Å². The van der Waals surface area contributed by atoms with Crippen molar-refractivity contribution < 1.29 is 4.39 Å². The van der Waals surface area contributed by atoms with Gasteiger partial charge in [0.15, 0.2) is 0 Å². The maximum Gasteiger partial charge on any atom is 0.141 e. The van der Waals surface area contributed by atoms with Gasteiger partial charge in [-0.1, -0.05) is 0 Å². The number of rotatable bonds is 2. The van der Waals surface area contributed by atoms with E-state index in [1.807, 2.05) is 0 Å².